The highest BCUT2D eigenvalue weighted by molar-refractivity contribution is 5.73. The van der Waals surface area contributed by atoms with Crippen LogP contribution in [0.3, 0.4) is 0 Å². The Balaban J connectivity index is 1.87. The molecule has 0 saturated carbocycles. The second-order valence-electron chi connectivity index (χ2n) is 7.63. The second kappa shape index (κ2) is 5.82. The van der Waals surface area contributed by atoms with E-state index < -0.39 is 10.6 Å². The number of nitro groups is 1. The summed E-state index contributed by atoms with van der Waals surface area (Å²) in [5.41, 5.74) is 2.88. The van der Waals surface area contributed by atoms with Crippen molar-refractivity contribution in [3.63, 3.8) is 0 Å². The number of aryl methyl sites for hydroxylation is 1. The van der Waals surface area contributed by atoms with Gasteiger partial charge in [0.2, 0.25) is 5.72 Å². The molecule has 0 fully saturated rings. The van der Waals surface area contributed by atoms with E-state index in [-0.39, 0.29) is 17.7 Å². The fraction of sp³-hybridized carbons (Fsp3) is 0.333. The maximum Gasteiger partial charge on any atom is 0.270 e. The number of hydrogen-bond acceptors (Lipinski definition) is 5. The number of nitro benzene ring substituents is 1. The number of fused-ring (bicyclic) bond motifs is 2. The van der Waals surface area contributed by atoms with E-state index in [1.54, 1.807) is 6.07 Å². The van der Waals surface area contributed by atoms with Gasteiger partial charge in [0.15, 0.2) is 0 Å². The molecule has 1 unspecified atom stereocenters. The predicted molar refractivity (Wildman–Crippen MR) is 104 cm³/mol. The third kappa shape index (κ3) is 2.36. The minimum atomic E-state index is -0.811. The molecule has 4 rings (SSSR count). The zero-order valence-electron chi connectivity index (χ0n) is 15.6. The summed E-state index contributed by atoms with van der Waals surface area (Å²) in [4.78, 5) is 12.7. The molecule has 0 radical (unpaired) electrons. The van der Waals surface area contributed by atoms with Crippen molar-refractivity contribution in [3.8, 4) is 5.75 Å². The molecular formula is C21H22N2O4. The van der Waals surface area contributed by atoms with Gasteiger partial charge in [-0.1, -0.05) is 17.7 Å². The third-order valence-electron chi connectivity index (χ3n) is 5.69. The van der Waals surface area contributed by atoms with Crippen LogP contribution in [0.15, 0.2) is 42.5 Å². The molecule has 6 heteroatoms. The van der Waals surface area contributed by atoms with Crippen molar-refractivity contribution in [3.05, 3.63) is 69.3 Å². The molecule has 0 amide bonds. The largest absolute Gasteiger partial charge is 0.463 e. The number of β-amino-alcohol motifs (C(OH)–C–C–N with tert-alkyl or cyclic N) is 1. The molecule has 2 aromatic rings. The first-order valence-corrected chi connectivity index (χ1v) is 8.96. The smallest absolute Gasteiger partial charge is 0.270 e. The Kier molecular flexibility index (Phi) is 3.78. The molecule has 1 atom stereocenters. The van der Waals surface area contributed by atoms with Gasteiger partial charge in [-0.15, -0.1) is 0 Å². The third-order valence-corrected chi connectivity index (χ3v) is 5.69. The van der Waals surface area contributed by atoms with E-state index in [0.29, 0.717) is 17.9 Å². The predicted octanol–water partition coefficient (Wildman–Crippen LogP) is 3.80. The molecule has 6 nitrogen and oxygen atoms in total. The molecule has 2 aliphatic heterocycles. The van der Waals surface area contributed by atoms with Gasteiger partial charge in [0.25, 0.3) is 5.69 Å². The van der Waals surface area contributed by atoms with Crippen LogP contribution in [0.5, 0.6) is 5.75 Å². The van der Waals surface area contributed by atoms with Crippen molar-refractivity contribution in [2.24, 2.45) is 0 Å². The van der Waals surface area contributed by atoms with Crippen molar-refractivity contribution >= 4 is 17.5 Å². The van der Waals surface area contributed by atoms with Crippen LogP contribution in [0.4, 0.5) is 11.4 Å². The van der Waals surface area contributed by atoms with Crippen LogP contribution in [0.25, 0.3) is 6.08 Å². The number of anilines is 1. The quantitative estimate of drug-likeness (QED) is 0.661. The van der Waals surface area contributed by atoms with Gasteiger partial charge < -0.3 is 14.7 Å². The molecule has 2 aromatic carbocycles. The number of ether oxygens (including phenoxy) is 1. The lowest BCUT2D eigenvalue weighted by atomic mass is 9.76. The Hall–Kier alpha value is -2.86. The number of non-ortho nitro benzene ring substituents is 1. The molecule has 0 saturated heterocycles. The number of hydrogen-bond donors (Lipinski definition) is 1. The Morgan fingerprint density at radius 3 is 2.70 bits per heavy atom. The van der Waals surface area contributed by atoms with E-state index in [0.717, 1.165) is 11.3 Å². The zero-order valence-corrected chi connectivity index (χ0v) is 15.6. The molecule has 1 spiro atoms. The van der Waals surface area contributed by atoms with E-state index in [2.05, 4.69) is 43.9 Å². The highest BCUT2D eigenvalue weighted by Crippen LogP contribution is 2.55. The van der Waals surface area contributed by atoms with Gasteiger partial charge in [-0.2, -0.15) is 0 Å². The maximum absolute atomic E-state index is 11.1. The van der Waals surface area contributed by atoms with Crippen LogP contribution in [0.2, 0.25) is 0 Å². The normalized spacial score (nSPS) is 21.7. The minimum absolute atomic E-state index is 0.00450. The summed E-state index contributed by atoms with van der Waals surface area (Å²) < 4.78 is 6.52. The van der Waals surface area contributed by atoms with Crippen LogP contribution in [0.1, 0.15) is 30.5 Å². The summed E-state index contributed by atoms with van der Waals surface area (Å²) in [5.74, 6) is 0.601. The van der Waals surface area contributed by atoms with Gasteiger partial charge in [0.05, 0.1) is 16.9 Å². The van der Waals surface area contributed by atoms with Crippen molar-refractivity contribution in [2.45, 2.75) is 31.9 Å². The number of nitrogens with zero attached hydrogens (tertiary/aromatic N) is 2. The van der Waals surface area contributed by atoms with Crippen molar-refractivity contribution in [1.82, 2.24) is 0 Å². The van der Waals surface area contributed by atoms with Crippen LogP contribution in [-0.2, 0) is 5.41 Å². The number of rotatable bonds is 3. The second-order valence-corrected chi connectivity index (χ2v) is 7.63. The minimum Gasteiger partial charge on any atom is -0.463 e. The molecule has 2 heterocycles. The Labute approximate surface area is 157 Å². The van der Waals surface area contributed by atoms with Gasteiger partial charge in [-0.3, -0.25) is 10.1 Å². The molecule has 2 aliphatic rings. The van der Waals surface area contributed by atoms with Gasteiger partial charge in [-0.25, -0.2) is 0 Å². The van der Waals surface area contributed by atoms with E-state index in [4.69, 9.17) is 4.74 Å². The van der Waals surface area contributed by atoms with E-state index in [1.165, 1.54) is 17.7 Å². The van der Waals surface area contributed by atoms with Gasteiger partial charge in [0.1, 0.15) is 5.75 Å². The highest BCUT2D eigenvalue weighted by Gasteiger charge is 2.58. The summed E-state index contributed by atoms with van der Waals surface area (Å²) in [6.07, 6.45) is 3.85. The summed E-state index contributed by atoms with van der Waals surface area (Å²) >= 11 is 0. The molecule has 0 bridgehead atoms. The van der Waals surface area contributed by atoms with Crippen molar-refractivity contribution < 1.29 is 14.8 Å². The number of benzene rings is 2. The lowest BCUT2D eigenvalue weighted by Crippen LogP contribution is -2.60. The van der Waals surface area contributed by atoms with Crippen LogP contribution in [0, 0.1) is 17.0 Å². The summed E-state index contributed by atoms with van der Waals surface area (Å²) in [5, 5.41) is 20.7. The fourth-order valence-electron chi connectivity index (χ4n) is 4.24. The Morgan fingerprint density at radius 2 is 2.00 bits per heavy atom. The van der Waals surface area contributed by atoms with Crippen LogP contribution in [-0.4, -0.2) is 28.9 Å². The average molecular weight is 366 g/mol. The summed E-state index contributed by atoms with van der Waals surface area (Å²) in [6, 6.07) is 10.9. The van der Waals surface area contributed by atoms with Crippen LogP contribution >= 0.6 is 0 Å². The molecule has 140 valence electrons. The lowest BCUT2D eigenvalue weighted by molar-refractivity contribution is -0.384. The van der Waals surface area contributed by atoms with E-state index in [1.807, 2.05) is 12.2 Å². The fourth-order valence-corrected chi connectivity index (χ4v) is 4.24. The molecular weight excluding hydrogens is 344 g/mol. The van der Waals surface area contributed by atoms with Crippen LogP contribution < -0.4 is 9.64 Å². The van der Waals surface area contributed by atoms with Crippen molar-refractivity contribution in [2.75, 3.05) is 18.1 Å². The summed E-state index contributed by atoms with van der Waals surface area (Å²) in [6.45, 7) is 6.73. The highest BCUT2D eigenvalue weighted by atomic mass is 16.6. The standard InChI is InChI=1S/C21H22N2O4/c1-14-4-6-18-17(12-14)20(2,3)21(22(18)10-11-24)9-8-15-13-16(23(25)26)5-7-19(15)27-21/h4-9,12-13,24H,10-11H2,1-3H3. The van der Waals surface area contributed by atoms with Crippen molar-refractivity contribution in [1.29, 1.82) is 0 Å². The SMILES string of the molecule is Cc1ccc2c(c1)C(C)(C)C1(C=Cc3cc([N+](=O)[O-])ccc3O1)N2CCO. The van der Waals surface area contributed by atoms with Gasteiger partial charge >= 0.3 is 0 Å². The van der Waals surface area contributed by atoms with E-state index >= 15 is 0 Å². The molecule has 0 aromatic heterocycles. The topological polar surface area (TPSA) is 75.8 Å². The molecule has 1 N–H and O–H groups in total. The Morgan fingerprint density at radius 1 is 1.22 bits per heavy atom. The first-order valence-electron chi connectivity index (χ1n) is 8.96. The first kappa shape index (κ1) is 17.5. The number of aliphatic hydroxyl groups excluding tert-OH is 1. The monoisotopic (exact) mass is 366 g/mol. The zero-order chi connectivity index (χ0) is 19.4. The average Bonchev–Trinajstić information content (AvgIpc) is 2.80. The molecule has 0 aliphatic carbocycles. The molecule has 27 heavy (non-hydrogen) atoms. The first-order chi connectivity index (χ1) is 12.8. The van der Waals surface area contributed by atoms with E-state index in [9.17, 15) is 15.2 Å². The Bertz CT molecular complexity index is 967. The summed E-state index contributed by atoms with van der Waals surface area (Å²) in [7, 11) is 0. The number of aliphatic hydroxyl groups is 1. The van der Waals surface area contributed by atoms with Gasteiger partial charge in [0, 0.05) is 29.9 Å². The van der Waals surface area contributed by atoms with Gasteiger partial charge in [-0.05, 0) is 50.6 Å². The lowest BCUT2D eigenvalue weighted by Gasteiger charge is -2.47. The maximum atomic E-state index is 11.1.